The maximum Gasteiger partial charge on any atom is 0.0897 e. The summed E-state index contributed by atoms with van der Waals surface area (Å²) in [4.78, 5) is 7.34. The van der Waals surface area contributed by atoms with Crippen LogP contribution in [0.3, 0.4) is 0 Å². The number of hydrogen-bond acceptors (Lipinski definition) is 5. The average Bonchev–Trinajstić information content (AvgIpc) is 3.17. The van der Waals surface area contributed by atoms with Crippen molar-refractivity contribution in [3.63, 3.8) is 0 Å². The molecule has 0 aliphatic rings. The van der Waals surface area contributed by atoms with Crippen molar-refractivity contribution in [2.24, 2.45) is 0 Å². The smallest absolute Gasteiger partial charge is 0.0897 e. The largest absolute Gasteiger partial charge is 0.303 e. The quantitative estimate of drug-likeness (QED) is 0.715. The number of rotatable bonds is 6. The van der Waals surface area contributed by atoms with Gasteiger partial charge in [0.1, 0.15) is 0 Å². The Balaban J connectivity index is 1.69. The fraction of sp³-hybridized carbons (Fsp3) is 0.267. The zero-order valence-electron chi connectivity index (χ0n) is 11.2. The molecule has 0 amide bonds. The van der Waals surface area contributed by atoms with E-state index >= 15 is 0 Å². The predicted octanol–water partition coefficient (Wildman–Crippen LogP) is 4.65. The van der Waals surface area contributed by atoms with Crippen molar-refractivity contribution >= 4 is 34.0 Å². The first-order chi connectivity index (χ1) is 9.81. The second kappa shape index (κ2) is 6.63. The van der Waals surface area contributed by atoms with Crippen LogP contribution in [0.4, 0.5) is 0 Å². The molecule has 1 N–H and O–H groups in total. The highest BCUT2D eigenvalue weighted by atomic mass is 32.1. The summed E-state index contributed by atoms with van der Waals surface area (Å²) < 4.78 is 0. The molecule has 2 nitrogen and oxygen atoms in total. The van der Waals surface area contributed by atoms with Crippen molar-refractivity contribution in [1.29, 1.82) is 0 Å². The van der Waals surface area contributed by atoms with Gasteiger partial charge >= 0.3 is 0 Å². The number of nitrogens with one attached hydrogen (secondary N) is 1. The number of hydrogen-bond donors (Lipinski definition) is 1. The molecule has 104 valence electrons. The molecule has 0 saturated carbocycles. The Morgan fingerprint density at radius 2 is 2.00 bits per heavy atom. The van der Waals surface area contributed by atoms with Crippen molar-refractivity contribution < 1.29 is 0 Å². The van der Waals surface area contributed by atoms with Gasteiger partial charge in [-0.2, -0.15) is 0 Å². The Kier molecular flexibility index (Phi) is 4.62. The van der Waals surface area contributed by atoms with Crippen molar-refractivity contribution in [2.75, 3.05) is 0 Å². The van der Waals surface area contributed by atoms with E-state index in [1.807, 2.05) is 22.7 Å². The van der Waals surface area contributed by atoms with E-state index in [2.05, 4.69) is 57.6 Å². The highest BCUT2D eigenvalue weighted by molar-refractivity contribution is 7.10. The lowest BCUT2D eigenvalue weighted by Crippen LogP contribution is -2.22. The van der Waals surface area contributed by atoms with Crippen LogP contribution in [0.15, 0.2) is 40.4 Å². The van der Waals surface area contributed by atoms with Crippen LogP contribution in [-0.4, -0.2) is 4.98 Å². The normalized spacial score (nSPS) is 12.7. The maximum absolute atomic E-state index is 4.52. The van der Waals surface area contributed by atoms with Crippen LogP contribution in [0, 0.1) is 6.92 Å². The summed E-state index contributed by atoms with van der Waals surface area (Å²) in [5.74, 6) is 0. The Hall–Kier alpha value is -1.01. The van der Waals surface area contributed by atoms with E-state index in [1.165, 1.54) is 9.75 Å². The molecule has 3 heterocycles. The fourth-order valence-corrected chi connectivity index (χ4v) is 4.28. The van der Waals surface area contributed by atoms with Crippen LogP contribution in [0.5, 0.6) is 0 Å². The van der Waals surface area contributed by atoms with E-state index < -0.39 is 0 Å². The molecule has 5 heteroatoms. The van der Waals surface area contributed by atoms with E-state index in [1.54, 1.807) is 11.3 Å². The molecule has 0 radical (unpaired) electrons. The Labute approximate surface area is 131 Å². The molecule has 1 atom stereocenters. The van der Waals surface area contributed by atoms with Gasteiger partial charge in [0.25, 0.3) is 0 Å². The van der Waals surface area contributed by atoms with Crippen LogP contribution >= 0.6 is 34.0 Å². The third-order valence-corrected chi connectivity index (χ3v) is 5.78. The standard InChI is InChI=1S/C15H16N2S3/c1-11-17-12(10-20-11)9-16-14(15-5-3-7-19-15)8-13-4-2-6-18-13/h2-7,10,14,16H,8-9H2,1H3. The molecule has 0 aliphatic heterocycles. The van der Waals surface area contributed by atoms with E-state index in [-0.39, 0.29) is 0 Å². The molecular formula is C15H16N2S3. The van der Waals surface area contributed by atoms with Gasteiger partial charge in [-0.15, -0.1) is 34.0 Å². The topological polar surface area (TPSA) is 24.9 Å². The summed E-state index contributed by atoms with van der Waals surface area (Å²) in [6.45, 7) is 2.88. The van der Waals surface area contributed by atoms with Gasteiger partial charge < -0.3 is 5.32 Å². The molecular weight excluding hydrogens is 304 g/mol. The minimum absolute atomic E-state index is 0.371. The molecule has 0 bridgehead atoms. The first-order valence-corrected chi connectivity index (χ1v) is 9.15. The van der Waals surface area contributed by atoms with E-state index in [0.717, 1.165) is 23.7 Å². The van der Waals surface area contributed by atoms with Crippen LogP contribution < -0.4 is 5.32 Å². The Morgan fingerprint density at radius 1 is 1.15 bits per heavy atom. The zero-order valence-corrected chi connectivity index (χ0v) is 13.7. The van der Waals surface area contributed by atoms with Crippen LogP contribution in [0.1, 0.15) is 26.5 Å². The molecule has 3 aromatic rings. The maximum atomic E-state index is 4.52. The Morgan fingerprint density at radius 3 is 2.65 bits per heavy atom. The second-order valence-corrected chi connectivity index (χ2v) is 7.66. The lowest BCUT2D eigenvalue weighted by atomic mass is 10.1. The minimum atomic E-state index is 0.371. The minimum Gasteiger partial charge on any atom is -0.303 e. The molecule has 20 heavy (non-hydrogen) atoms. The highest BCUT2D eigenvalue weighted by Crippen LogP contribution is 2.25. The summed E-state index contributed by atoms with van der Waals surface area (Å²) in [7, 11) is 0. The molecule has 3 aromatic heterocycles. The van der Waals surface area contributed by atoms with Gasteiger partial charge in [-0.05, 0) is 29.8 Å². The van der Waals surface area contributed by atoms with Gasteiger partial charge in [0.15, 0.2) is 0 Å². The molecule has 0 aromatic carbocycles. The summed E-state index contributed by atoms with van der Waals surface area (Å²) in [5.41, 5.74) is 1.14. The van der Waals surface area contributed by atoms with Gasteiger partial charge in [-0.25, -0.2) is 4.98 Å². The third kappa shape index (κ3) is 3.55. The SMILES string of the molecule is Cc1nc(CNC(Cc2cccs2)c2cccs2)cs1. The predicted molar refractivity (Wildman–Crippen MR) is 88.8 cm³/mol. The average molecular weight is 321 g/mol. The first-order valence-electron chi connectivity index (χ1n) is 6.51. The fourth-order valence-electron chi connectivity index (χ4n) is 2.11. The van der Waals surface area contributed by atoms with Crippen molar-refractivity contribution in [2.45, 2.75) is 25.9 Å². The Bertz CT molecular complexity index is 626. The summed E-state index contributed by atoms with van der Waals surface area (Å²) in [5, 5.41) is 11.2. The lowest BCUT2D eigenvalue weighted by Gasteiger charge is -2.16. The third-order valence-electron chi connectivity index (χ3n) is 3.07. The second-order valence-electron chi connectivity index (χ2n) is 4.59. The number of aromatic nitrogens is 1. The van der Waals surface area contributed by atoms with E-state index in [9.17, 15) is 0 Å². The van der Waals surface area contributed by atoms with Gasteiger partial charge in [0.05, 0.1) is 10.7 Å². The van der Waals surface area contributed by atoms with Gasteiger partial charge in [-0.3, -0.25) is 0 Å². The number of aryl methyl sites for hydroxylation is 1. The van der Waals surface area contributed by atoms with Crippen molar-refractivity contribution in [1.82, 2.24) is 10.3 Å². The molecule has 0 spiro atoms. The van der Waals surface area contributed by atoms with Gasteiger partial charge in [0, 0.05) is 34.1 Å². The van der Waals surface area contributed by atoms with E-state index in [4.69, 9.17) is 0 Å². The summed E-state index contributed by atoms with van der Waals surface area (Å²) >= 11 is 5.36. The van der Waals surface area contributed by atoms with Crippen LogP contribution in [-0.2, 0) is 13.0 Å². The molecule has 1 unspecified atom stereocenters. The van der Waals surface area contributed by atoms with Crippen LogP contribution in [0.2, 0.25) is 0 Å². The number of thiophene rings is 2. The molecule has 0 saturated heterocycles. The molecule has 0 aliphatic carbocycles. The highest BCUT2D eigenvalue weighted by Gasteiger charge is 2.14. The van der Waals surface area contributed by atoms with E-state index in [0.29, 0.717) is 6.04 Å². The van der Waals surface area contributed by atoms with Gasteiger partial charge in [-0.1, -0.05) is 12.1 Å². The summed E-state index contributed by atoms with van der Waals surface area (Å²) in [6.07, 6.45) is 1.04. The van der Waals surface area contributed by atoms with Crippen molar-refractivity contribution in [3.05, 3.63) is 60.9 Å². The number of thiazole rings is 1. The van der Waals surface area contributed by atoms with Gasteiger partial charge in [0.2, 0.25) is 0 Å². The van der Waals surface area contributed by atoms with Crippen molar-refractivity contribution in [3.8, 4) is 0 Å². The molecule has 3 rings (SSSR count). The monoisotopic (exact) mass is 320 g/mol. The zero-order chi connectivity index (χ0) is 13.8. The summed E-state index contributed by atoms with van der Waals surface area (Å²) in [6, 6.07) is 9.03. The van der Waals surface area contributed by atoms with Crippen LogP contribution in [0.25, 0.3) is 0 Å². The first kappa shape index (κ1) is 13.9. The lowest BCUT2D eigenvalue weighted by molar-refractivity contribution is 0.536. The molecule has 0 fully saturated rings. The number of nitrogens with zero attached hydrogens (tertiary/aromatic N) is 1.